The van der Waals surface area contributed by atoms with Gasteiger partial charge in [-0.15, -0.1) is 0 Å². The summed E-state index contributed by atoms with van der Waals surface area (Å²) in [5.41, 5.74) is 2.95. The molecule has 1 heterocycles. The molecule has 0 aliphatic rings. The third-order valence-electron chi connectivity index (χ3n) is 3.11. The van der Waals surface area contributed by atoms with Gasteiger partial charge in [0, 0.05) is 12.7 Å². The first-order valence-electron chi connectivity index (χ1n) is 8.06. The Balaban J connectivity index is 2.85. The fraction of sp³-hybridized carbons (Fsp3) is 0.556. The summed E-state index contributed by atoms with van der Waals surface area (Å²) < 4.78 is 5.23. The van der Waals surface area contributed by atoms with Crippen LogP contribution in [0.1, 0.15) is 51.7 Å². The molecule has 1 rings (SSSR count). The minimum atomic E-state index is -0.524. The molecule has 0 fully saturated rings. The molecule has 0 aliphatic heterocycles. The highest BCUT2D eigenvalue weighted by atomic mass is 16.6. The van der Waals surface area contributed by atoms with E-state index in [9.17, 15) is 4.79 Å². The fourth-order valence-electron chi connectivity index (χ4n) is 2.17. The zero-order chi connectivity index (χ0) is 17.5. The van der Waals surface area contributed by atoms with E-state index in [0.29, 0.717) is 5.82 Å². The van der Waals surface area contributed by atoms with E-state index in [1.165, 1.54) is 5.57 Å². The lowest BCUT2D eigenvalue weighted by atomic mass is 10.0. The predicted octanol–water partition coefficient (Wildman–Crippen LogP) is 4.14. The van der Waals surface area contributed by atoms with Crippen molar-refractivity contribution in [2.24, 2.45) is 0 Å². The maximum absolute atomic E-state index is 11.8. The fourth-order valence-corrected chi connectivity index (χ4v) is 2.17. The number of carbonyl (C=O) groups excluding carboxylic acids is 1. The van der Waals surface area contributed by atoms with Crippen LogP contribution in [-0.4, -0.2) is 30.3 Å². The lowest BCUT2D eigenvalue weighted by Gasteiger charge is -2.19. The van der Waals surface area contributed by atoms with Crippen LogP contribution in [0.3, 0.4) is 0 Å². The number of rotatable bonds is 6. The Morgan fingerprint density at radius 2 is 2.09 bits per heavy atom. The summed E-state index contributed by atoms with van der Waals surface area (Å²) in [5, 5.41) is 5.85. The highest BCUT2D eigenvalue weighted by molar-refractivity contribution is 5.83. The van der Waals surface area contributed by atoms with E-state index in [0.717, 1.165) is 30.5 Å². The van der Waals surface area contributed by atoms with Crippen LogP contribution in [-0.2, 0) is 4.74 Å². The number of nitrogens with one attached hydrogen (secondary N) is 2. The van der Waals surface area contributed by atoms with E-state index in [1.807, 2.05) is 40.8 Å². The van der Waals surface area contributed by atoms with Crippen molar-refractivity contribution < 1.29 is 9.53 Å². The molecule has 5 nitrogen and oxygen atoms in total. The molecule has 23 heavy (non-hydrogen) atoms. The van der Waals surface area contributed by atoms with Crippen molar-refractivity contribution in [1.29, 1.82) is 0 Å². The second-order valence-corrected chi connectivity index (χ2v) is 6.64. The Morgan fingerprint density at radius 1 is 1.39 bits per heavy atom. The van der Waals surface area contributed by atoms with Crippen LogP contribution in [0.15, 0.2) is 17.8 Å². The van der Waals surface area contributed by atoms with Gasteiger partial charge in [0.25, 0.3) is 0 Å². The van der Waals surface area contributed by atoms with Gasteiger partial charge in [-0.1, -0.05) is 25.0 Å². The summed E-state index contributed by atoms with van der Waals surface area (Å²) in [6, 6.07) is 1.86. The molecule has 0 radical (unpaired) electrons. The van der Waals surface area contributed by atoms with Gasteiger partial charge >= 0.3 is 6.09 Å². The average molecular weight is 319 g/mol. The molecular formula is C18H29N3O2. The summed E-state index contributed by atoms with van der Waals surface area (Å²) in [6.45, 7) is 10.5. The summed E-state index contributed by atoms with van der Waals surface area (Å²) in [7, 11) is 1.95. The maximum atomic E-state index is 11.8. The SMILES string of the molecule is CCC/C(=C\c1cnc(NC(=O)OC(C)(C)C)cc1C)CNC. The van der Waals surface area contributed by atoms with Crippen molar-refractivity contribution in [3.8, 4) is 0 Å². The monoisotopic (exact) mass is 319 g/mol. The minimum absolute atomic E-state index is 0.491. The topological polar surface area (TPSA) is 63.2 Å². The van der Waals surface area contributed by atoms with Crippen LogP contribution in [0, 0.1) is 6.92 Å². The van der Waals surface area contributed by atoms with Crippen molar-refractivity contribution >= 4 is 18.0 Å². The molecule has 0 saturated heterocycles. The second kappa shape index (κ2) is 8.67. The standard InChI is InChI=1S/C18H29N3O2/c1-7-8-14(11-19-6)10-15-12-20-16(9-13(15)2)21-17(22)23-18(3,4)5/h9-10,12,19H,7-8,11H2,1-6H3,(H,20,21,22)/b14-10+. The molecule has 1 amide bonds. The van der Waals surface area contributed by atoms with Gasteiger partial charge in [0.2, 0.25) is 0 Å². The van der Waals surface area contributed by atoms with Gasteiger partial charge in [0.15, 0.2) is 0 Å². The van der Waals surface area contributed by atoms with Gasteiger partial charge in [0.1, 0.15) is 11.4 Å². The van der Waals surface area contributed by atoms with Crippen LogP contribution < -0.4 is 10.6 Å². The molecule has 0 saturated carbocycles. The smallest absolute Gasteiger partial charge is 0.413 e. The molecule has 0 aliphatic carbocycles. The van der Waals surface area contributed by atoms with Crippen molar-refractivity contribution in [2.75, 3.05) is 18.9 Å². The molecule has 0 aromatic carbocycles. The first-order chi connectivity index (χ1) is 10.7. The van der Waals surface area contributed by atoms with Gasteiger partial charge in [-0.3, -0.25) is 5.32 Å². The summed E-state index contributed by atoms with van der Waals surface area (Å²) in [5.74, 6) is 0.500. The number of aryl methyl sites for hydroxylation is 1. The van der Waals surface area contributed by atoms with Gasteiger partial charge < -0.3 is 10.1 Å². The number of ether oxygens (including phenoxy) is 1. The molecule has 1 aromatic heterocycles. The van der Waals surface area contributed by atoms with Gasteiger partial charge in [-0.2, -0.15) is 0 Å². The third kappa shape index (κ3) is 7.28. The molecule has 0 atom stereocenters. The highest BCUT2D eigenvalue weighted by Gasteiger charge is 2.16. The van der Waals surface area contributed by atoms with Crippen molar-refractivity contribution in [2.45, 2.75) is 53.1 Å². The van der Waals surface area contributed by atoms with E-state index in [1.54, 1.807) is 6.20 Å². The molecule has 2 N–H and O–H groups in total. The van der Waals surface area contributed by atoms with Gasteiger partial charge in [-0.05, 0) is 58.4 Å². The number of pyridine rings is 1. The van der Waals surface area contributed by atoms with Crippen LogP contribution in [0.25, 0.3) is 6.08 Å². The minimum Gasteiger partial charge on any atom is -0.444 e. The maximum Gasteiger partial charge on any atom is 0.413 e. The molecule has 1 aromatic rings. The predicted molar refractivity (Wildman–Crippen MR) is 95.6 cm³/mol. The largest absolute Gasteiger partial charge is 0.444 e. The van der Waals surface area contributed by atoms with Crippen LogP contribution in [0.5, 0.6) is 0 Å². The molecule has 0 spiro atoms. The van der Waals surface area contributed by atoms with Gasteiger partial charge in [0.05, 0.1) is 0 Å². The number of hydrogen-bond acceptors (Lipinski definition) is 4. The Kier molecular flexibility index (Phi) is 7.23. The molecule has 5 heteroatoms. The van der Waals surface area contributed by atoms with E-state index >= 15 is 0 Å². The summed E-state index contributed by atoms with van der Waals surface area (Å²) >= 11 is 0. The van der Waals surface area contributed by atoms with Crippen LogP contribution >= 0.6 is 0 Å². The Bertz CT molecular complexity index is 552. The van der Waals surface area contributed by atoms with Crippen molar-refractivity contribution in [1.82, 2.24) is 10.3 Å². The zero-order valence-electron chi connectivity index (χ0n) is 15.1. The zero-order valence-corrected chi connectivity index (χ0v) is 15.1. The summed E-state index contributed by atoms with van der Waals surface area (Å²) in [4.78, 5) is 16.1. The molecule has 128 valence electrons. The van der Waals surface area contributed by atoms with E-state index in [-0.39, 0.29) is 0 Å². The third-order valence-corrected chi connectivity index (χ3v) is 3.11. The van der Waals surface area contributed by atoms with E-state index in [4.69, 9.17) is 4.74 Å². The number of anilines is 1. The Labute approximate surface area is 139 Å². The van der Waals surface area contributed by atoms with Crippen LogP contribution in [0.4, 0.5) is 10.6 Å². The lowest BCUT2D eigenvalue weighted by Crippen LogP contribution is -2.27. The number of likely N-dealkylation sites (N-methyl/N-ethyl adjacent to an activating group) is 1. The van der Waals surface area contributed by atoms with E-state index < -0.39 is 11.7 Å². The highest BCUT2D eigenvalue weighted by Crippen LogP contribution is 2.18. The van der Waals surface area contributed by atoms with Crippen molar-refractivity contribution in [3.05, 3.63) is 29.0 Å². The first kappa shape index (κ1) is 19.2. The van der Waals surface area contributed by atoms with Gasteiger partial charge in [-0.25, -0.2) is 9.78 Å². The van der Waals surface area contributed by atoms with Crippen molar-refractivity contribution in [3.63, 3.8) is 0 Å². The number of amides is 1. The number of carbonyl (C=O) groups is 1. The number of hydrogen-bond donors (Lipinski definition) is 2. The van der Waals surface area contributed by atoms with Crippen LogP contribution in [0.2, 0.25) is 0 Å². The average Bonchev–Trinajstić information content (AvgIpc) is 2.40. The quantitative estimate of drug-likeness (QED) is 0.827. The molecule has 0 bridgehead atoms. The number of nitrogens with zero attached hydrogens (tertiary/aromatic N) is 1. The summed E-state index contributed by atoms with van der Waals surface area (Å²) in [6.07, 6.45) is 5.62. The molecular weight excluding hydrogens is 290 g/mol. The normalized spacial score (nSPS) is 12.2. The Morgan fingerprint density at radius 3 is 2.61 bits per heavy atom. The first-order valence-corrected chi connectivity index (χ1v) is 8.06. The molecule has 0 unspecified atom stereocenters. The van der Waals surface area contributed by atoms with E-state index in [2.05, 4.69) is 28.6 Å². The number of aromatic nitrogens is 1. The lowest BCUT2D eigenvalue weighted by molar-refractivity contribution is 0.0635. The second-order valence-electron chi connectivity index (χ2n) is 6.64. The Hall–Kier alpha value is -1.88.